The summed E-state index contributed by atoms with van der Waals surface area (Å²) in [6.45, 7) is 3.80. The molecule has 0 unspecified atom stereocenters. The van der Waals surface area contributed by atoms with Gasteiger partial charge in [0.05, 0.1) is 19.8 Å². The Morgan fingerprint density at radius 3 is 2.72 bits per heavy atom. The van der Waals surface area contributed by atoms with E-state index in [4.69, 9.17) is 11.2 Å². The zero-order valence-corrected chi connectivity index (χ0v) is 15.2. The molecule has 3 rings (SSSR count). The van der Waals surface area contributed by atoms with Crippen molar-refractivity contribution in [1.82, 2.24) is 4.90 Å². The Balaban J connectivity index is 1.40. The van der Waals surface area contributed by atoms with Crippen molar-refractivity contribution in [3.8, 4) is 12.3 Å². The maximum absolute atomic E-state index is 5.84. The predicted octanol–water partition coefficient (Wildman–Crippen LogP) is 4.60. The van der Waals surface area contributed by atoms with E-state index < -0.39 is 0 Å². The highest BCUT2D eigenvalue weighted by molar-refractivity contribution is 7.17. The number of rotatable bonds is 9. The highest BCUT2D eigenvalue weighted by Gasteiger charge is 2.05. The molecule has 0 atom stereocenters. The minimum absolute atomic E-state index is 0.646. The van der Waals surface area contributed by atoms with Crippen LogP contribution in [0.5, 0.6) is 0 Å². The van der Waals surface area contributed by atoms with Crippen molar-refractivity contribution in [2.75, 3.05) is 26.3 Å². The van der Waals surface area contributed by atoms with Crippen LogP contribution in [0.15, 0.2) is 60.0 Å². The Morgan fingerprint density at radius 2 is 1.88 bits per heavy atom. The molecule has 3 aromatic rings. The quantitative estimate of drug-likeness (QED) is 0.414. The van der Waals surface area contributed by atoms with Gasteiger partial charge in [-0.1, -0.05) is 48.4 Å². The fraction of sp³-hybridized carbons (Fsp3) is 0.273. The molecule has 0 saturated carbocycles. The van der Waals surface area contributed by atoms with Crippen molar-refractivity contribution in [2.24, 2.45) is 0 Å². The molecular weight excluding hydrogens is 326 g/mol. The van der Waals surface area contributed by atoms with E-state index in [1.54, 1.807) is 11.3 Å². The summed E-state index contributed by atoms with van der Waals surface area (Å²) in [5, 5.41) is 3.46. The van der Waals surface area contributed by atoms with E-state index in [0.717, 1.165) is 26.1 Å². The molecule has 0 aliphatic carbocycles. The number of hydrogen-bond donors (Lipinski definition) is 0. The summed E-state index contributed by atoms with van der Waals surface area (Å²) in [5.74, 6) is 2.74. The van der Waals surface area contributed by atoms with Crippen LogP contribution < -0.4 is 0 Å². The third-order valence-corrected chi connectivity index (χ3v) is 5.07. The molecule has 1 aromatic heterocycles. The lowest BCUT2D eigenvalue weighted by Gasteiger charge is -2.19. The Bertz CT molecular complexity index is 819. The predicted molar refractivity (Wildman–Crippen MR) is 107 cm³/mol. The number of fused-ring (bicyclic) bond motifs is 1. The molecule has 0 radical (unpaired) electrons. The third-order valence-electron chi connectivity index (χ3n) is 4.17. The molecule has 0 bridgehead atoms. The fourth-order valence-corrected chi connectivity index (χ4v) is 3.61. The standard InChI is InChI=1S/C22H23NOS/c1-2-12-23(18-20-6-4-3-5-7-20)13-15-24-14-10-19-8-9-22-21(17-19)11-16-25-22/h1,3-9,11,16-17H,10,12-15,18H2. The van der Waals surface area contributed by atoms with Gasteiger partial charge >= 0.3 is 0 Å². The summed E-state index contributed by atoms with van der Waals surface area (Å²) in [7, 11) is 0. The van der Waals surface area contributed by atoms with Gasteiger partial charge in [0, 0.05) is 17.8 Å². The molecule has 0 aliphatic rings. The lowest BCUT2D eigenvalue weighted by molar-refractivity contribution is 0.108. The molecule has 25 heavy (non-hydrogen) atoms. The highest BCUT2D eigenvalue weighted by Crippen LogP contribution is 2.21. The average Bonchev–Trinajstić information content (AvgIpc) is 3.10. The molecule has 0 amide bonds. The first kappa shape index (κ1) is 17.7. The van der Waals surface area contributed by atoms with Gasteiger partial charge in [0.2, 0.25) is 0 Å². The van der Waals surface area contributed by atoms with E-state index in [1.807, 2.05) is 6.07 Å². The Labute approximate surface area is 154 Å². The van der Waals surface area contributed by atoms with Gasteiger partial charge < -0.3 is 4.74 Å². The summed E-state index contributed by atoms with van der Waals surface area (Å²) in [6.07, 6.45) is 6.44. The van der Waals surface area contributed by atoms with Crippen molar-refractivity contribution in [3.05, 3.63) is 71.1 Å². The van der Waals surface area contributed by atoms with Gasteiger partial charge in [0.1, 0.15) is 0 Å². The lowest BCUT2D eigenvalue weighted by atomic mass is 10.1. The molecule has 0 spiro atoms. The van der Waals surface area contributed by atoms with Crippen LogP contribution in [0.3, 0.4) is 0 Å². The maximum Gasteiger partial charge on any atom is 0.0602 e. The lowest BCUT2D eigenvalue weighted by Crippen LogP contribution is -2.27. The normalized spacial score (nSPS) is 11.0. The number of hydrogen-bond acceptors (Lipinski definition) is 3. The van der Waals surface area contributed by atoms with Crippen LogP contribution in [0, 0.1) is 12.3 Å². The number of thiophene rings is 1. The molecule has 0 saturated heterocycles. The van der Waals surface area contributed by atoms with Crippen molar-refractivity contribution in [2.45, 2.75) is 13.0 Å². The second kappa shape index (κ2) is 9.39. The van der Waals surface area contributed by atoms with Crippen molar-refractivity contribution in [1.29, 1.82) is 0 Å². The summed E-state index contributed by atoms with van der Waals surface area (Å²) in [5.41, 5.74) is 2.61. The SMILES string of the molecule is C#CCN(CCOCCc1ccc2sccc2c1)Cc1ccccc1. The van der Waals surface area contributed by atoms with Gasteiger partial charge in [0.25, 0.3) is 0 Å². The monoisotopic (exact) mass is 349 g/mol. The van der Waals surface area contributed by atoms with Crippen LogP contribution in [0.25, 0.3) is 10.1 Å². The van der Waals surface area contributed by atoms with Crippen molar-refractivity contribution in [3.63, 3.8) is 0 Å². The van der Waals surface area contributed by atoms with Crippen molar-refractivity contribution >= 4 is 21.4 Å². The number of terminal acetylenes is 1. The first-order valence-electron chi connectivity index (χ1n) is 8.59. The minimum Gasteiger partial charge on any atom is -0.380 e. The summed E-state index contributed by atoms with van der Waals surface area (Å²) in [4.78, 5) is 2.24. The van der Waals surface area contributed by atoms with E-state index in [2.05, 4.69) is 64.7 Å². The van der Waals surface area contributed by atoms with Crippen LogP contribution in [-0.4, -0.2) is 31.2 Å². The second-order valence-electron chi connectivity index (χ2n) is 6.06. The largest absolute Gasteiger partial charge is 0.380 e. The molecule has 0 fully saturated rings. The number of ether oxygens (including phenoxy) is 1. The second-order valence-corrected chi connectivity index (χ2v) is 7.00. The molecular formula is C22H23NOS. The van der Waals surface area contributed by atoms with Crippen molar-refractivity contribution < 1.29 is 4.74 Å². The first-order chi connectivity index (χ1) is 12.3. The molecule has 0 N–H and O–H groups in total. The number of nitrogens with zero attached hydrogens (tertiary/aromatic N) is 1. The summed E-state index contributed by atoms with van der Waals surface area (Å²) in [6, 6.07) is 19.2. The van der Waals surface area contributed by atoms with Crippen LogP contribution >= 0.6 is 11.3 Å². The smallest absolute Gasteiger partial charge is 0.0602 e. The zero-order valence-electron chi connectivity index (χ0n) is 14.4. The molecule has 1 heterocycles. The fourth-order valence-electron chi connectivity index (χ4n) is 2.84. The van der Waals surface area contributed by atoms with Gasteiger partial charge in [0.15, 0.2) is 0 Å². The average molecular weight is 349 g/mol. The van der Waals surface area contributed by atoms with Gasteiger partial charge in [-0.2, -0.15) is 0 Å². The van der Waals surface area contributed by atoms with E-state index in [1.165, 1.54) is 21.2 Å². The Kier molecular flexibility index (Phi) is 6.64. The molecule has 128 valence electrons. The van der Waals surface area contributed by atoms with Crippen LogP contribution in [0.2, 0.25) is 0 Å². The first-order valence-corrected chi connectivity index (χ1v) is 9.47. The molecule has 0 aliphatic heterocycles. The van der Waals surface area contributed by atoms with Crippen LogP contribution in [-0.2, 0) is 17.7 Å². The van der Waals surface area contributed by atoms with Gasteiger partial charge in [-0.3, -0.25) is 4.90 Å². The topological polar surface area (TPSA) is 12.5 Å². The molecule has 3 heteroatoms. The Morgan fingerprint density at radius 1 is 1.00 bits per heavy atom. The molecule has 2 nitrogen and oxygen atoms in total. The maximum atomic E-state index is 5.84. The van der Waals surface area contributed by atoms with E-state index >= 15 is 0 Å². The van der Waals surface area contributed by atoms with E-state index in [-0.39, 0.29) is 0 Å². The third kappa shape index (κ3) is 5.44. The Hall–Kier alpha value is -2.12. The van der Waals surface area contributed by atoms with Crippen LogP contribution in [0.4, 0.5) is 0 Å². The summed E-state index contributed by atoms with van der Waals surface area (Å²) >= 11 is 1.78. The van der Waals surface area contributed by atoms with Gasteiger partial charge in [-0.05, 0) is 40.4 Å². The van der Waals surface area contributed by atoms with E-state index in [9.17, 15) is 0 Å². The minimum atomic E-state index is 0.646. The van der Waals surface area contributed by atoms with Gasteiger partial charge in [-0.15, -0.1) is 17.8 Å². The van der Waals surface area contributed by atoms with Gasteiger partial charge in [-0.25, -0.2) is 0 Å². The van der Waals surface area contributed by atoms with E-state index in [0.29, 0.717) is 13.2 Å². The number of benzene rings is 2. The highest BCUT2D eigenvalue weighted by atomic mass is 32.1. The summed E-state index contributed by atoms with van der Waals surface area (Å²) < 4.78 is 7.18. The van der Waals surface area contributed by atoms with Crippen LogP contribution in [0.1, 0.15) is 11.1 Å². The zero-order chi connectivity index (χ0) is 17.3. The molecule has 2 aromatic carbocycles.